The van der Waals surface area contributed by atoms with Gasteiger partial charge in [-0.1, -0.05) is 58.7 Å². The Bertz CT molecular complexity index is 1060. The minimum atomic E-state index is 0.0167. The van der Waals surface area contributed by atoms with Crippen molar-refractivity contribution in [2.45, 2.75) is 29.1 Å². The number of aromatic nitrogens is 2. The van der Waals surface area contributed by atoms with Gasteiger partial charge < -0.3 is 0 Å². The highest BCUT2D eigenvalue weighted by atomic mass is 35.5. The molecule has 0 aliphatic carbocycles. The smallest absolute Gasteiger partial charge is 0.268 e. The molecule has 0 bridgehead atoms. The molecule has 0 spiro atoms. The monoisotopic (exact) mass is 434 g/mol. The molecular weight excluding hydrogens is 419 g/mol. The standard InChI is InChI=1S/C20H16Cl2N2OS2/c1-12-2-5-14(6-3-12)24-19(25)18-17(8-9-26-18)23-20(24)27-11-13-4-7-15(21)16(22)10-13/h2-7,10H,8-9,11H2,1H3. The molecule has 3 aromatic rings. The summed E-state index contributed by atoms with van der Waals surface area (Å²) in [5, 5.41) is 1.77. The number of fused-ring (bicyclic) bond motifs is 1. The fourth-order valence-electron chi connectivity index (χ4n) is 2.89. The molecule has 1 aliphatic rings. The quantitative estimate of drug-likeness (QED) is 0.384. The molecule has 1 aromatic heterocycles. The summed E-state index contributed by atoms with van der Waals surface area (Å²) in [5.41, 5.74) is 3.95. The van der Waals surface area contributed by atoms with Gasteiger partial charge in [-0.05, 0) is 36.8 Å². The second-order valence-electron chi connectivity index (χ2n) is 6.28. The van der Waals surface area contributed by atoms with Crippen molar-refractivity contribution in [1.82, 2.24) is 9.55 Å². The Morgan fingerprint density at radius 3 is 2.67 bits per heavy atom. The molecule has 0 atom stereocenters. The van der Waals surface area contributed by atoms with Crippen LogP contribution in [0.1, 0.15) is 16.8 Å². The van der Waals surface area contributed by atoms with Crippen LogP contribution in [0.15, 0.2) is 57.3 Å². The van der Waals surface area contributed by atoms with Crippen LogP contribution >= 0.6 is 46.7 Å². The number of rotatable bonds is 4. The lowest BCUT2D eigenvalue weighted by atomic mass is 10.2. The first kappa shape index (κ1) is 18.9. The van der Waals surface area contributed by atoms with Crippen molar-refractivity contribution in [3.05, 3.63) is 79.7 Å². The van der Waals surface area contributed by atoms with E-state index in [1.807, 2.05) is 43.3 Å². The van der Waals surface area contributed by atoms with Gasteiger partial charge in [-0.15, -0.1) is 11.8 Å². The van der Waals surface area contributed by atoms with E-state index < -0.39 is 0 Å². The first-order valence-electron chi connectivity index (χ1n) is 8.45. The van der Waals surface area contributed by atoms with E-state index in [1.165, 1.54) is 11.8 Å². The molecule has 0 N–H and O–H groups in total. The number of hydrogen-bond acceptors (Lipinski definition) is 4. The molecule has 3 nitrogen and oxygen atoms in total. The molecule has 0 saturated carbocycles. The molecule has 0 amide bonds. The van der Waals surface area contributed by atoms with Gasteiger partial charge in [-0.25, -0.2) is 4.98 Å². The van der Waals surface area contributed by atoms with Gasteiger partial charge >= 0.3 is 0 Å². The first-order valence-corrected chi connectivity index (χ1v) is 11.2. The number of halogens is 2. The van der Waals surface area contributed by atoms with Gasteiger partial charge in [0.05, 0.1) is 26.3 Å². The van der Waals surface area contributed by atoms with Gasteiger partial charge in [0.25, 0.3) is 5.56 Å². The molecule has 27 heavy (non-hydrogen) atoms. The molecule has 4 rings (SSSR count). The van der Waals surface area contributed by atoms with Crippen LogP contribution in [-0.2, 0) is 12.2 Å². The highest BCUT2D eigenvalue weighted by molar-refractivity contribution is 7.99. The van der Waals surface area contributed by atoms with Crippen LogP contribution in [-0.4, -0.2) is 15.3 Å². The fraction of sp³-hybridized carbons (Fsp3) is 0.200. The zero-order chi connectivity index (χ0) is 19.0. The van der Waals surface area contributed by atoms with Crippen molar-refractivity contribution < 1.29 is 0 Å². The average molecular weight is 435 g/mol. The van der Waals surface area contributed by atoms with Crippen molar-refractivity contribution >= 4 is 46.7 Å². The number of hydrogen-bond donors (Lipinski definition) is 0. The summed E-state index contributed by atoms with van der Waals surface area (Å²) in [6, 6.07) is 13.5. The molecule has 7 heteroatoms. The highest BCUT2D eigenvalue weighted by Crippen LogP contribution is 2.32. The summed E-state index contributed by atoms with van der Waals surface area (Å²) in [5.74, 6) is 1.56. The van der Waals surface area contributed by atoms with Crippen LogP contribution in [0.5, 0.6) is 0 Å². The minimum absolute atomic E-state index is 0.0167. The van der Waals surface area contributed by atoms with Crippen molar-refractivity contribution in [2.24, 2.45) is 0 Å². The van der Waals surface area contributed by atoms with Crippen LogP contribution in [0.25, 0.3) is 5.69 Å². The van der Waals surface area contributed by atoms with E-state index in [9.17, 15) is 4.79 Å². The topological polar surface area (TPSA) is 34.9 Å². The predicted molar refractivity (Wildman–Crippen MR) is 115 cm³/mol. The Balaban J connectivity index is 1.74. The zero-order valence-corrected chi connectivity index (χ0v) is 17.7. The molecule has 2 heterocycles. The van der Waals surface area contributed by atoms with Crippen LogP contribution in [0, 0.1) is 6.92 Å². The molecule has 2 aromatic carbocycles. The predicted octanol–water partition coefficient (Wildman–Crippen LogP) is 5.79. The summed E-state index contributed by atoms with van der Waals surface area (Å²) in [7, 11) is 0. The third-order valence-electron chi connectivity index (χ3n) is 4.31. The Morgan fingerprint density at radius 1 is 1.15 bits per heavy atom. The molecule has 138 valence electrons. The number of aryl methyl sites for hydroxylation is 2. The van der Waals surface area contributed by atoms with Crippen LogP contribution in [0.4, 0.5) is 0 Å². The van der Waals surface area contributed by atoms with Gasteiger partial charge in [-0.3, -0.25) is 9.36 Å². The maximum absolute atomic E-state index is 13.1. The zero-order valence-electron chi connectivity index (χ0n) is 14.5. The molecule has 0 unspecified atom stereocenters. The van der Waals surface area contributed by atoms with Crippen molar-refractivity contribution in [2.75, 3.05) is 5.75 Å². The molecule has 0 fully saturated rings. The van der Waals surface area contributed by atoms with Crippen molar-refractivity contribution in [3.8, 4) is 5.69 Å². The van der Waals surface area contributed by atoms with Crippen LogP contribution in [0.2, 0.25) is 10.0 Å². The van der Waals surface area contributed by atoms with Gasteiger partial charge in [-0.2, -0.15) is 0 Å². The highest BCUT2D eigenvalue weighted by Gasteiger charge is 2.22. The van der Waals surface area contributed by atoms with Gasteiger partial charge in [0.15, 0.2) is 5.16 Å². The lowest BCUT2D eigenvalue weighted by Gasteiger charge is -2.14. The normalized spacial score (nSPS) is 13.0. The van der Waals surface area contributed by atoms with Gasteiger partial charge in [0, 0.05) is 17.9 Å². The molecule has 0 radical (unpaired) electrons. The molecule has 1 aliphatic heterocycles. The van der Waals surface area contributed by atoms with E-state index >= 15 is 0 Å². The van der Waals surface area contributed by atoms with Crippen LogP contribution < -0.4 is 5.56 Å². The Morgan fingerprint density at radius 2 is 1.93 bits per heavy atom. The largest absolute Gasteiger partial charge is 0.272 e. The number of thioether (sulfide) groups is 2. The Labute approximate surface area is 176 Å². The lowest BCUT2D eigenvalue weighted by molar-refractivity contribution is 0.739. The third-order valence-corrected chi connectivity index (χ3v) is 7.17. The van der Waals surface area contributed by atoms with Crippen molar-refractivity contribution in [3.63, 3.8) is 0 Å². The van der Waals surface area contributed by atoms with E-state index in [0.717, 1.165) is 39.6 Å². The van der Waals surface area contributed by atoms with E-state index in [1.54, 1.807) is 22.4 Å². The first-order chi connectivity index (χ1) is 13.0. The van der Waals surface area contributed by atoms with Crippen molar-refractivity contribution in [1.29, 1.82) is 0 Å². The minimum Gasteiger partial charge on any atom is -0.268 e. The molecule has 0 saturated heterocycles. The summed E-state index contributed by atoms with van der Waals surface area (Å²) in [6.07, 6.45) is 0.838. The maximum atomic E-state index is 13.1. The summed E-state index contributed by atoms with van der Waals surface area (Å²) in [6.45, 7) is 2.03. The summed E-state index contributed by atoms with van der Waals surface area (Å²) >= 11 is 15.3. The van der Waals surface area contributed by atoms with Crippen LogP contribution in [0.3, 0.4) is 0 Å². The van der Waals surface area contributed by atoms with Gasteiger partial charge in [0.1, 0.15) is 0 Å². The lowest BCUT2D eigenvalue weighted by Crippen LogP contribution is -2.23. The number of benzene rings is 2. The second kappa shape index (κ2) is 7.92. The van der Waals surface area contributed by atoms with E-state index in [-0.39, 0.29) is 5.56 Å². The Hall–Kier alpha value is -1.40. The maximum Gasteiger partial charge on any atom is 0.272 e. The van der Waals surface area contributed by atoms with E-state index in [4.69, 9.17) is 28.2 Å². The third kappa shape index (κ3) is 3.92. The second-order valence-corrected chi connectivity index (χ2v) is 9.14. The SMILES string of the molecule is Cc1ccc(-n2c(SCc3ccc(Cl)c(Cl)c3)nc3c(c2=O)SCC3)cc1. The summed E-state index contributed by atoms with van der Waals surface area (Å²) < 4.78 is 1.72. The fourth-order valence-corrected chi connectivity index (χ4v) is 5.20. The number of nitrogens with zero attached hydrogens (tertiary/aromatic N) is 2. The Kier molecular flexibility index (Phi) is 5.55. The summed E-state index contributed by atoms with van der Waals surface area (Å²) in [4.78, 5) is 18.7. The molecular formula is C20H16Cl2N2OS2. The average Bonchev–Trinajstić information content (AvgIpc) is 3.13. The van der Waals surface area contributed by atoms with E-state index in [2.05, 4.69) is 0 Å². The van der Waals surface area contributed by atoms with E-state index in [0.29, 0.717) is 21.0 Å². The van der Waals surface area contributed by atoms with Gasteiger partial charge in [0.2, 0.25) is 0 Å².